The van der Waals surface area contributed by atoms with E-state index in [0.717, 1.165) is 36.3 Å². The highest BCUT2D eigenvalue weighted by atomic mass is 19.4. The molecule has 3 N–H and O–H groups in total. The van der Waals surface area contributed by atoms with Gasteiger partial charge in [-0.2, -0.15) is 13.2 Å². The van der Waals surface area contributed by atoms with Gasteiger partial charge in [-0.3, -0.25) is 9.69 Å². The number of primary amides is 1. The molecule has 0 unspecified atom stereocenters. The molecule has 2 heterocycles. The van der Waals surface area contributed by atoms with Crippen LogP contribution in [0.4, 0.5) is 18.9 Å². The molecule has 5 nitrogen and oxygen atoms in total. The van der Waals surface area contributed by atoms with Crippen LogP contribution in [0.2, 0.25) is 0 Å². The van der Waals surface area contributed by atoms with Gasteiger partial charge in [0.2, 0.25) is 5.91 Å². The summed E-state index contributed by atoms with van der Waals surface area (Å²) in [5.41, 5.74) is 8.54. The largest absolute Gasteiger partial charge is 0.459 e. The highest BCUT2D eigenvalue weighted by molar-refractivity contribution is 5.76. The molecule has 1 aromatic heterocycles. The second-order valence-electron chi connectivity index (χ2n) is 7.61. The number of carbonyl (C=O) groups is 1. The first-order valence-corrected chi connectivity index (χ1v) is 9.90. The Morgan fingerprint density at radius 1 is 1.06 bits per heavy atom. The SMILES string of the molecule is NC(=O)CN1CCc2ccc(NCc3ccc(-c4ccc(C(F)(F)F)cc4)o3)cc2C1. The van der Waals surface area contributed by atoms with Crippen LogP contribution in [-0.4, -0.2) is 23.9 Å². The topological polar surface area (TPSA) is 71.5 Å². The first-order valence-electron chi connectivity index (χ1n) is 9.90. The third-order valence-electron chi connectivity index (χ3n) is 5.30. The van der Waals surface area contributed by atoms with Gasteiger partial charge in [0, 0.05) is 24.3 Å². The van der Waals surface area contributed by atoms with Crippen LogP contribution in [-0.2, 0) is 30.5 Å². The van der Waals surface area contributed by atoms with Gasteiger partial charge in [0.1, 0.15) is 11.5 Å². The molecule has 162 valence electrons. The zero-order valence-corrected chi connectivity index (χ0v) is 16.7. The Bertz CT molecular complexity index is 1070. The number of amides is 1. The molecule has 1 aliphatic heterocycles. The maximum absolute atomic E-state index is 12.7. The summed E-state index contributed by atoms with van der Waals surface area (Å²) in [4.78, 5) is 13.2. The number of rotatable bonds is 6. The number of benzene rings is 2. The average Bonchev–Trinajstić information content (AvgIpc) is 3.20. The van der Waals surface area contributed by atoms with Crippen LogP contribution in [0.3, 0.4) is 0 Å². The summed E-state index contributed by atoms with van der Waals surface area (Å²) in [7, 11) is 0. The summed E-state index contributed by atoms with van der Waals surface area (Å²) >= 11 is 0. The van der Waals surface area contributed by atoms with E-state index in [1.54, 1.807) is 12.1 Å². The number of furan rings is 1. The lowest BCUT2D eigenvalue weighted by Crippen LogP contribution is -2.37. The van der Waals surface area contributed by atoms with Crippen LogP contribution in [0.25, 0.3) is 11.3 Å². The Morgan fingerprint density at radius 2 is 1.84 bits per heavy atom. The lowest BCUT2D eigenvalue weighted by molar-refractivity contribution is -0.137. The first kappa shape index (κ1) is 21.0. The molecule has 0 atom stereocenters. The van der Waals surface area contributed by atoms with Gasteiger partial charge in [-0.05, 0) is 53.9 Å². The van der Waals surface area contributed by atoms with Crippen molar-refractivity contribution in [3.05, 3.63) is 77.0 Å². The van der Waals surface area contributed by atoms with E-state index in [1.807, 2.05) is 11.0 Å². The Hall–Kier alpha value is -3.26. The van der Waals surface area contributed by atoms with Crippen molar-refractivity contribution in [3.63, 3.8) is 0 Å². The van der Waals surface area contributed by atoms with Gasteiger partial charge in [-0.1, -0.05) is 18.2 Å². The fourth-order valence-electron chi connectivity index (χ4n) is 3.72. The van der Waals surface area contributed by atoms with Gasteiger partial charge in [0.25, 0.3) is 0 Å². The number of carbonyl (C=O) groups excluding carboxylic acids is 1. The van der Waals surface area contributed by atoms with Crippen LogP contribution >= 0.6 is 0 Å². The number of alkyl halides is 3. The van der Waals surface area contributed by atoms with E-state index >= 15 is 0 Å². The zero-order chi connectivity index (χ0) is 22.0. The minimum Gasteiger partial charge on any atom is -0.459 e. The van der Waals surface area contributed by atoms with E-state index in [2.05, 4.69) is 17.4 Å². The molecule has 0 spiro atoms. The summed E-state index contributed by atoms with van der Waals surface area (Å²) in [6, 6.07) is 14.6. The number of halogens is 3. The molecule has 0 saturated heterocycles. The number of nitrogens with zero attached hydrogens (tertiary/aromatic N) is 1. The first-order chi connectivity index (χ1) is 14.8. The van der Waals surface area contributed by atoms with E-state index in [0.29, 0.717) is 30.2 Å². The number of hydrogen-bond donors (Lipinski definition) is 2. The molecule has 0 fully saturated rings. The minimum atomic E-state index is -4.36. The van der Waals surface area contributed by atoms with Crippen molar-refractivity contribution in [2.24, 2.45) is 5.73 Å². The van der Waals surface area contributed by atoms with Crippen molar-refractivity contribution in [1.82, 2.24) is 4.90 Å². The van der Waals surface area contributed by atoms with E-state index < -0.39 is 11.7 Å². The lowest BCUT2D eigenvalue weighted by Gasteiger charge is -2.28. The van der Waals surface area contributed by atoms with Gasteiger partial charge in [0.05, 0.1) is 18.7 Å². The third kappa shape index (κ3) is 5.08. The molecule has 0 radical (unpaired) electrons. The lowest BCUT2D eigenvalue weighted by atomic mass is 9.99. The number of anilines is 1. The van der Waals surface area contributed by atoms with Crippen molar-refractivity contribution in [2.75, 3.05) is 18.4 Å². The van der Waals surface area contributed by atoms with E-state index in [9.17, 15) is 18.0 Å². The Labute approximate surface area is 177 Å². The number of fused-ring (bicyclic) bond motifs is 1. The Morgan fingerprint density at radius 3 is 2.55 bits per heavy atom. The molecule has 2 aromatic carbocycles. The molecule has 8 heteroatoms. The molecular formula is C23H22F3N3O2. The Kier molecular flexibility index (Phi) is 5.73. The molecule has 0 bridgehead atoms. The van der Waals surface area contributed by atoms with E-state index in [1.165, 1.54) is 17.7 Å². The second-order valence-corrected chi connectivity index (χ2v) is 7.61. The molecule has 0 aliphatic carbocycles. The second kappa shape index (κ2) is 8.47. The fraction of sp³-hybridized carbons (Fsp3) is 0.261. The predicted molar refractivity (Wildman–Crippen MR) is 111 cm³/mol. The maximum atomic E-state index is 12.7. The van der Waals surface area contributed by atoms with Crippen molar-refractivity contribution in [3.8, 4) is 11.3 Å². The highest BCUT2D eigenvalue weighted by Crippen LogP contribution is 2.31. The van der Waals surface area contributed by atoms with Crippen LogP contribution in [0.1, 0.15) is 22.5 Å². The summed E-state index contributed by atoms with van der Waals surface area (Å²) < 4.78 is 43.9. The van der Waals surface area contributed by atoms with Gasteiger partial charge >= 0.3 is 6.18 Å². The number of hydrogen-bond acceptors (Lipinski definition) is 4. The van der Waals surface area contributed by atoms with Crippen molar-refractivity contribution < 1.29 is 22.4 Å². The standard InChI is InChI=1S/C23H22F3N3O2/c24-23(25,26)18-4-1-16(2-5-18)21-8-7-20(31-21)12-28-19-6-3-15-9-10-29(14-22(27)30)13-17(15)11-19/h1-8,11,28H,9-10,12-14H2,(H2,27,30). The Balaban J connectivity index is 1.39. The van der Waals surface area contributed by atoms with Crippen molar-refractivity contribution in [2.45, 2.75) is 25.7 Å². The average molecular weight is 429 g/mol. The van der Waals surface area contributed by atoms with Crippen molar-refractivity contribution >= 4 is 11.6 Å². The van der Waals surface area contributed by atoms with E-state index in [4.69, 9.17) is 10.2 Å². The molecule has 1 aliphatic rings. The molecule has 0 saturated carbocycles. The van der Waals surface area contributed by atoms with Crippen LogP contribution in [0.5, 0.6) is 0 Å². The van der Waals surface area contributed by atoms with Gasteiger partial charge in [-0.15, -0.1) is 0 Å². The van der Waals surface area contributed by atoms with Gasteiger partial charge in [-0.25, -0.2) is 0 Å². The molecule has 1 amide bonds. The smallest absolute Gasteiger partial charge is 0.416 e. The number of nitrogens with one attached hydrogen (secondary N) is 1. The minimum absolute atomic E-state index is 0.246. The predicted octanol–water partition coefficient (Wildman–Crippen LogP) is 4.42. The van der Waals surface area contributed by atoms with Crippen LogP contribution in [0.15, 0.2) is 59.0 Å². The quantitative estimate of drug-likeness (QED) is 0.609. The van der Waals surface area contributed by atoms with Crippen LogP contribution in [0, 0.1) is 0 Å². The summed E-state index contributed by atoms with van der Waals surface area (Å²) in [5, 5.41) is 3.31. The fourth-order valence-corrected chi connectivity index (χ4v) is 3.72. The van der Waals surface area contributed by atoms with E-state index in [-0.39, 0.29) is 12.5 Å². The summed E-state index contributed by atoms with van der Waals surface area (Å²) in [5.74, 6) is 0.848. The maximum Gasteiger partial charge on any atom is 0.416 e. The van der Waals surface area contributed by atoms with Gasteiger partial charge in [0.15, 0.2) is 0 Å². The van der Waals surface area contributed by atoms with Crippen molar-refractivity contribution in [1.29, 1.82) is 0 Å². The third-order valence-corrected chi connectivity index (χ3v) is 5.30. The normalized spacial score (nSPS) is 14.3. The van der Waals surface area contributed by atoms with Crippen LogP contribution < -0.4 is 11.1 Å². The molecule has 3 aromatic rings. The monoisotopic (exact) mass is 429 g/mol. The summed E-state index contributed by atoms with van der Waals surface area (Å²) in [6.07, 6.45) is -3.49. The molecule has 31 heavy (non-hydrogen) atoms. The molecular weight excluding hydrogens is 407 g/mol. The van der Waals surface area contributed by atoms with Gasteiger partial charge < -0.3 is 15.5 Å². The molecule has 4 rings (SSSR count). The summed E-state index contributed by atoms with van der Waals surface area (Å²) in [6.45, 7) is 2.16. The zero-order valence-electron chi connectivity index (χ0n) is 16.7. The highest BCUT2D eigenvalue weighted by Gasteiger charge is 2.30. The number of nitrogens with two attached hydrogens (primary N) is 1.